The summed E-state index contributed by atoms with van der Waals surface area (Å²) >= 11 is 0. The summed E-state index contributed by atoms with van der Waals surface area (Å²) in [5.74, 6) is 0.127. The summed E-state index contributed by atoms with van der Waals surface area (Å²) in [4.78, 5) is 36.8. The number of hydrogen-bond donors (Lipinski definition) is 1. The maximum atomic E-state index is 12.5. The van der Waals surface area contributed by atoms with Gasteiger partial charge in [-0.3, -0.25) is 4.79 Å². The molecule has 1 amide bonds. The summed E-state index contributed by atoms with van der Waals surface area (Å²) in [7, 11) is 0. The molecule has 0 radical (unpaired) electrons. The Morgan fingerprint density at radius 2 is 1.45 bits per heavy atom. The van der Waals surface area contributed by atoms with Crippen LogP contribution < -0.4 is 10.1 Å². The van der Waals surface area contributed by atoms with E-state index in [1.807, 2.05) is 82.3 Å². The van der Waals surface area contributed by atoms with Crippen molar-refractivity contribution >= 4 is 18.0 Å². The number of nitrogens with one attached hydrogen (secondary N) is 1. The number of rotatable bonds is 16. The molecule has 2 aromatic carbocycles. The highest BCUT2D eigenvalue weighted by molar-refractivity contribution is 5.82. The second-order valence-corrected chi connectivity index (χ2v) is 9.99. The van der Waals surface area contributed by atoms with Gasteiger partial charge < -0.3 is 24.3 Å². The minimum atomic E-state index is -0.990. The number of amides is 1. The smallest absolute Gasteiger partial charge is 0.407 e. The highest BCUT2D eigenvalue weighted by atomic mass is 16.6. The maximum absolute atomic E-state index is 12.5. The van der Waals surface area contributed by atoms with E-state index in [-0.39, 0.29) is 37.9 Å². The molecule has 0 bridgehead atoms. The largest absolute Gasteiger partial charge is 0.489 e. The SMILES string of the molecule is CC(C)COC(=O)CC[C@H](NC(=O)OCCCc1ccc(OCc2ccccc2)cc1)C(=O)OCC(C)C. The lowest BCUT2D eigenvalue weighted by atomic mass is 10.1. The zero-order valence-corrected chi connectivity index (χ0v) is 22.9. The third kappa shape index (κ3) is 13.1. The second kappa shape index (κ2) is 17.1. The van der Waals surface area contributed by atoms with E-state index in [1.165, 1.54) is 0 Å². The number of alkyl carbamates (subject to hydrolysis) is 1. The molecule has 208 valence electrons. The van der Waals surface area contributed by atoms with Crippen LogP contribution in [0.25, 0.3) is 0 Å². The number of carbonyl (C=O) groups excluding carboxylic acids is 3. The van der Waals surface area contributed by atoms with Gasteiger partial charge in [0.05, 0.1) is 19.8 Å². The lowest BCUT2D eigenvalue weighted by molar-refractivity contribution is -0.148. The number of aryl methyl sites for hydroxylation is 1. The van der Waals surface area contributed by atoms with Crippen molar-refractivity contribution in [2.24, 2.45) is 11.8 Å². The van der Waals surface area contributed by atoms with Crippen LogP contribution in [0.3, 0.4) is 0 Å². The van der Waals surface area contributed by atoms with E-state index < -0.39 is 24.1 Å². The molecule has 0 aliphatic rings. The first-order valence-electron chi connectivity index (χ1n) is 13.2. The van der Waals surface area contributed by atoms with Crippen LogP contribution in [0.1, 0.15) is 58.1 Å². The van der Waals surface area contributed by atoms with Crippen LogP contribution in [-0.2, 0) is 36.8 Å². The molecule has 8 heteroatoms. The van der Waals surface area contributed by atoms with Gasteiger partial charge in [-0.25, -0.2) is 9.59 Å². The van der Waals surface area contributed by atoms with Gasteiger partial charge in [-0.15, -0.1) is 0 Å². The minimum absolute atomic E-state index is 0.0144. The molecular formula is C30H41NO7. The van der Waals surface area contributed by atoms with Gasteiger partial charge in [-0.1, -0.05) is 70.2 Å². The molecule has 0 spiro atoms. The molecule has 2 aromatic rings. The Hall–Kier alpha value is -3.55. The minimum Gasteiger partial charge on any atom is -0.489 e. The zero-order valence-electron chi connectivity index (χ0n) is 22.9. The van der Waals surface area contributed by atoms with Crippen LogP contribution in [0.4, 0.5) is 4.79 Å². The number of esters is 2. The van der Waals surface area contributed by atoms with Crippen molar-refractivity contribution in [1.82, 2.24) is 5.32 Å². The Morgan fingerprint density at radius 1 is 0.789 bits per heavy atom. The average molecular weight is 528 g/mol. The molecule has 0 aromatic heterocycles. The Labute approximate surface area is 226 Å². The fraction of sp³-hybridized carbons (Fsp3) is 0.500. The molecule has 0 saturated heterocycles. The number of benzene rings is 2. The van der Waals surface area contributed by atoms with Crippen molar-refractivity contribution in [2.75, 3.05) is 19.8 Å². The topological polar surface area (TPSA) is 100 Å². The van der Waals surface area contributed by atoms with Crippen molar-refractivity contribution in [1.29, 1.82) is 0 Å². The van der Waals surface area contributed by atoms with Gasteiger partial charge in [0.1, 0.15) is 18.4 Å². The fourth-order valence-corrected chi connectivity index (χ4v) is 3.31. The lowest BCUT2D eigenvalue weighted by Gasteiger charge is -2.18. The fourth-order valence-electron chi connectivity index (χ4n) is 3.31. The normalized spacial score (nSPS) is 11.6. The maximum Gasteiger partial charge on any atom is 0.407 e. The quantitative estimate of drug-likeness (QED) is 0.175. The Balaban J connectivity index is 1.74. The van der Waals surface area contributed by atoms with E-state index in [4.69, 9.17) is 18.9 Å². The summed E-state index contributed by atoms with van der Waals surface area (Å²) in [6, 6.07) is 16.8. The van der Waals surface area contributed by atoms with Crippen LogP contribution in [0.15, 0.2) is 54.6 Å². The molecule has 2 rings (SSSR count). The molecule has 1 atom stereocenters. The first kappa shape index (κ1) is 30.7. The van der Waals surface area contributed by atoms with Crippen LogP contribution in [0.5, 0.6) is 5.75 Å². The van der Waals surface area contributed by atoms with Gasteiger partial charge in [0.2, 0.25) is 0 Å². The third-order valence-corrected chi connectivity index (χ3v) is 5.36. The number of hydrogen-bond acceptors (Lipinski definition) is 7. The van der Waals surface area contributed by atoms with Crippen LogP contribution in [0.2, 0.25) is 0 Å². The van der Waals surface area contributed by atoms with E-state index in [0.717, 1.165) is 16.9 Å². The van der Waals surface area contributed by atoms with E-state index in [9.17, 15) is 14.4 Å². The first-order chi connectivity index (χ1) is 18.2. The summed E-state index contributed by atoms with van der Waals surface area (Å²) in [5, 5.41) is 2.53. The molecule has 0 fully saturated rings. The van der Waals surface area contributed by atoms with Crippen molar-refractivity contribution < 1.29 is 33.3 Å². The zero-order chi connectivity index (χ0) is 27.8. The average Bonchev–Trinajstić information content (AvgIpc) is 2.90. The summed E-state index contributed by atoms with van der Waals surface area (Å²) < 4.78 is 21.5. The predicted molar refractivity (Wildman–Crippen MR) is 145 cm³/mol. The molecular weight excluding hydrogens is 486 g/mol. The van der Waals surface area contributed by atoms with Gasteiger partial charge in [-0.05, 0) is 54.4 Å². The Kier molecular flexibility index (Phi) is 13.8. The number of ether oxygens (including phenoxy) is 4. The molecule has 0 aliphatic carbocycles. The molecule has 0 saturated carbocycles. The second-order valence-electron chi connectivity index (χ2n) is 9.99. The van der Waals surface area contributed by atoms with E-state index in [0.29, 0.717) is 26.1 Å². The van der Waals surface area contributed by atoms with E-state index >= 15 is 0 Å². The van der Waals surface area contributed by atoms with Crippen molar-refractivity contribution in [3.8, 4) is 5.75 Å². The summed E-state index contributed by atoms with van der Waals surface area (Å²) in [5.41, 5.74) is 2.20. The highest BCUT2D eigenvalue weighted by Gasteiger charge is 2.24. The standard InChI is InChI=1S/C30H41NO7/c1-22(2)19-37-28(32)17-16-27(29(33)38-20-23(3)4)31-30(34)35-18-8-11-24-12-14-26(15-13-24)36-21-25-9-6-5-7-10-25/h5-7,9-10,12-15,22-23,27H,8,11,16-21H2,1-4H3,(H,31,34)/t27-/m0/s1. The van der Waals surface area contributed by atoms with Gasteiger partial charge in [0, 0.05) is 6.42 Å². The van der Waals surface area contributed by atoms with Gasteiger partial charge >= 0.3 is 18.0 Å². The van der Waals surface area contributed by atoms with Crippen molar-refractivity contribution in [2.45, 2.75) is 66.0 Å². The predicted octanol–water partition coefficient (Wildman–Crippen LogP) is 5.47. The number of carbonyl (C=O) groups is 3. The highest BCUT2D eigenvalue weighted by Crippen LogP contribution is 2.15. The van der Waals surface area contributed by atoms with Gasteiger partial charge in [0.25, 0.3) is 0 Å². The molecule has 0 aliphatic heterocycles. The van der Waals surface area contributed by atoms with Crippen molar-refractivity contribution in [3.63, 3.8) is 0 Å². The molecule has 1 N–H and O–H groups in total. The third-order valence-electron chi connectivity index (χ3n) is 5.36. The summed E-state index contributed by atoms with van der Waals surface area (Å²) in [6.07, 6.45) is 0.660. The molecule has 38 heavy (non-hydrogen) atoms. The van der Waals surface area contributed by atoms with E-state index in [2.05, 4.69) is 5.32 Å². The monoisotopic (exact) mass is 527 g/mol. The first-order valence-corrected chi connectivity index (χ1v) is 13.2. The van der Waals surface area contributed by atoms with Crippen LogP contribution in [0, 0.1) is 11.8 Å². The lowest BCUT2D eigenvalue weighted by Crippen LogP contribution is -2.43. The van der Waals surface area contributed by atoms with Crippen LogP contribution >= 0.6 is 0 Å². The van der Waals surface area contributed by atoms with Crippen molar-refractivity contribution in [3.05, 3.63) is 65.7 Å². The summed E-state index contributed by atoms with van der Waals surface area (Å²) in [6.45, 7) is 8.93. The molecule has 8 nitrogen and oxygen atoms in total. The van der Waals surface area contributed by atoms with Gasteiger partial charge in [0.15, 0.2) is 0 Å². The van der Waals surface area contributed by atoms with E-state index in [1.54, 1.807) is 0 Å². The van der Waals surface area contributed by atoms with Crippen LogP contribution in [-0.4, -0.2) is 43.9 Å². The molecule has 0 unspecified atom stereocenters. The molecule has 0 heterocycles. The Bertz CT molecular complexity index is 974. The Morgan fingerprint density at radius 3 is 2.11 bits per heavy atom. The van der Waals surface area contributed by atoms with Gasteiger partial charge in [-0.2, -0.15) is 0 Å².